The van der Waals surface area contributed by atoms with Gasteiger partial charge in [-0.15, -0.1) is 0 Å². The first-order valence-corrected chi connectivity index (χ1v) is 4.49. The van der Waals surface area contributed by atoms with Gasteiger partial charge in [0.25, 0.3) is 0 Å². The van der Waals surface area contributed by atoms with E-state index in [1.165, 1.54) is 0 Å². The van der Waals surface area contributed by atoms with Crippen LogP contribution < -0.4 is 0 Å². The highest BCUT2D eigenvalue weighted by atomic mass is 16.3. The number of hydrogen-bond donors (Lipinski definition) is 2. The molecule has 1 aliphatic rings. The van der Waals surface area contributed by atoms with Gasteiger partial charge in [0.2, 0.25) is 0 Å². The van der Waals surface area contributed by atoms with Gasteiger partial charge in [-0.3, -0.25) is 0 Å². The van der Waals surface area contributed by atoms with E-state index in [1.54, 1.807) is 0 Å². The van der Waals surface area contributed by atoms with E-state index >= 15 is 0 Å². The molecule has 2 N–H and O–H groups in total. The quantitative estimate of drug-likeness (QED) is 0.636. The van der Waals surface area contributed by atoms with E-state index in [4.69, 9.17) is 5.11 Å². The topological polar surface area (TPSA) is 40.5 Å². The van der Waals surface area contributed by atoms with Crippen molar-refractivity contribution in [2.45, 2.75) is 44.6 Å². The molecule has 0 aromatic rings. The van der Waals surface area contributed by atoms with Crippen molar-refractivity contribution in [3.05, 3.63) is 0 Å². The molecule has 1 fully saturated rings. The predicted octanol–water partition coefficient (Wildman–Crippen LogP) is 1.31. The summed E-state index contributed by atoms with van der Waals surface area (Å²) >= 11 is 0. The summed E-state index contributed by atoms with van der Waals surface area (Å²) in [5.74, 6) is 0.758. The van der Waals surface area contributed by atoms with E-state index in [9.17, 15) is 5.11 Å². The van der Waals surface area contributed by atoms with Crippen molar-refractivity contribution in [1.29, 1.82) is 0 Å². The average molecular weight is 158 g/mol. The molecule has 2 nitrogen and oxygen atoms in total. The fourth-order valence-corrected chi connectivity index (χ4v) is 1.76. The van der Waals surface area contributed by atoms with E-state index in [0.717, 1.165) is 31.6 Å². The van der Waals surface area contributed by atoms with Crippen LogP contribution in [0.15, 0.2) is 0 Å². The second kappa shape index (κ2) is 3.55. The van der Waals surface area contributed by atoms with E-state index in [-0.39, 0.29) is 6.61 Å². The van der Waals surface area contributed by atoms with Crippen molar-refractivity contribution in [3.63, 3.8) is 0 Å². The molecule has 1 rings (SSSR count). The number of aliphatic hydroxyl groups is 2. The first kappa shape index (κ1) is 9.01. The van der Waals surface area contributed by atoms with Gasteiger partial charge in [-0.1, -0.05) is 6.92 Å². The molecule has 0 aliphatic heterocycles. The summed E-state index contributed by atoms with van der Waals surface area (Å²) in [6.07, 6.45) is 4.51. The molecule has 0 amide bonds. The standard InChI is InChI=1S/C9H18O2/c1-8-2-4-9(11,5-3-8)6-7-10/h8,10-11H,2-7H2,1H3. The SMILES string of the molecule is CC1CCC(O)(CCO)CC1. The van der Waals surface area contributed by atoms with Gasteiger partial charge in [0.1, 0.15) is 0 Å². The fourth-order valence-electron chi connectivity index (χ4n) is 1.76. The highest BCUT2D eigenvalue weighted by Crippen LogP contribution is 2.33. The van der Waals surface area contributed by atoms with Crippen molar-refractivity contribution in [2.75, 3.05) is 6.61 Å². The Bertz CT molecular complexity index is 115. The van der Waals surface area contributed by atoms with Crippen LogP contribution in [0.4, 0.5) is 0 Å². The Morgan fingerprint density at radius 2 is 1.91 bits per heavy atom. The van der Waals surface area contributed by atoms with Gasteiger partial charge in [0, 0.05) is 6.61 Å². The smallest absolute Gasteiger partial charge is 0.0669 e. The van der Waals surface area contributed by atoms with Crippen molar-refractivity contribution >= 4 is 0 Å². The van der Waals surface area contributed by atoms with Crippen LogP contribution in [0.3, 0.4) is 0 Å². The third-order valence-corrected chi connectivity index (χ3v) is 2.78. The summed E-state index contributed by atoms with van der Waals surface area (Å²) in [6.45, 7) is 2.34. The molecule has 1 saturated carbocycles. The molecule has 0 atom stereocenters. The molecule has 0 spiro atoms. The Kier molecular flexibility index (Phi) is 2.90. The third kappa shape index (κ3) is 2.46. The Morgan fingerprint density at radius 3 is 2.36 bits per heavy atom. The van der Waals surface area contributed by atoms with E-state index in [0.29, 0.717) is 6.42 Å². The van der Waals surface area contributed by atoms with Crippen molar-refractivity contribution in [2.24, 2.45) is 5.92 Å². The van der Waals surface area contributed by atoms with Crippen molar-refractivity contribution < 1.29 is 10.2 Å². The van der Waals surface area contributed by atoms with Gasteiger partial charge in [0.05, 0.1) is 5.60 Å². The lowest BCUT2D eigenvalue weighted by Crippen LogP contribution is -2.34. The lowest BCUT2D eigenvalue weighted by atomic mass is 9.78. The molecule has 1 aliphatic carbocycles. The molecule has 0 saturated heterocycles. The van der Waals surface area contributed by atoms with Crippen LogP contribution >= 0.6 is 0 Å². The highest BCUT2D eigenvalue weighted by Gasteiger charge is 2.30. The van der Waals surface area contributed by atoms with Gasteiger partial charge >= 0.3 is 0 Å². The van der Waals surface area contributed by atoms with Gasteiger partial charge in [0.15, 0.2) is 0 Å². The Labute approximate surface area is 68.2 Å². The molecule has 0 bridgehead atoms. The van der Waals surface area contributed by atoms with Crippen LogP contribution in [0.5, 0.6) is 0 Å². The summed E-state index contributed by atoms with van der Waals surface area (Å²) in [5, 5.41) is 18.5. The van der Waals surface area contributed by atoms with E-state index in [1.807, 2.05) is 0 Å². The molecule has 0 aromatic heterocycles. The first-order chi connectivity index (χ1) is 5.16. The van der Waals surface area contributed by atoms with Crippen LogP contribution in [-0.2, 0) is 0 Å². The van der Waals surface area contributed by atoms with Crippen LogP contribution in [0, 0.1) is 5.92 Å². The Balaban J connectivity index is 2.35. The van der Waals surface area contributed by atoms with Crippen molar-refractivity contribution in [3.8, 4) is 0 Å². The van der Waals surface area contributed by atoms with E-state index < -0.39 is 5.60 Å². The van der Waals surface area contributed by atoms with Gasteiger partial charge in [-0.05, 0) is 38.0 Å². The lowest BCUT2D eigenvalue weighted by molar-refractivity contribution is -0.0257. The molecular formula is C9H18O2. The second-order valence-electron chi connectivity index (χ2n) is 3.88. The normalized spacial score (nSPS) is 39.0. The van der Waals surface area contributed by atoms with Gasteiger partial charge < -0.3 is 10.2 Å². The Morgan fingerprint density at radius 1 is 1.36 bits per heavy atom. The Hall–Kier alpha value is -0.0800. The number of hydrogen-bond acceptors (Lipinski definition) is 2. The predicted molar refractivity (Wildman–Crippen MR) is 44.3 cm³/mol. The molecule has 2 heteroatoms. The lowest BCUT2D eigenvalue weighted by Gasteiger charge is -2.34. The number of aliphatic hydroxyl groups excluding tert-OH is 1. The molecule has 66 valence electrons. The summed E-state index contributed by atoms with van der Waals surface area (Å²) in [6, 6.07) is 0. The maximum Gasteiger partial charge on any atom is 0.0669 e. The molecule has 0 aromatic carbocycles. The van der Waals surface area contributed by atoms with Gasteiger partial charge in [-0.25, -0.2) is 0 Å². The molecular weight excluding hydrogens is 140 g/mol. The molecule has 11 heavy (non-hydrogen) atoms. The minimum absolute atomic E-state index is 0.116. The summed E-state index contributed by atoms with van der Waals surface area (Å²) < 4.78 is 0. The van der Waals surface area contributed by atoms with Crippen LogP contribution in [0.2, 0.25) is 0 Å². The summed E-state index contributed by atoms with van der Waals surface area (Å²) in [5.41, 5.74) is -0.540. The number of rotatable bonds is 2. The average Bonchev–Trinajstić information content (AvgIpc) is 1.97. The summed E-state index contributed by atoms with van der Waals surface area (Å²) in [7, 11) is 0. The molecule has 0 unspecified atom stereocenters. The second-order valence-corrected chi connectivity index (χ2v) is 3.88. The minimum atomic E-state index is -0.540. The zero-order valence-corrected chi connectivity index (χ0v) is 7.21. The maximum atomic E-state index is 9.83. The zero-order chi connectivity index (χ0) is 8.32. The van der Waals surface area contributed by atoms with Crippen LogP contribution in [-0.4, -0.2) is 22.4 Å². The largest absolute Gasteiger partial charge is 0.396 e. The van der Waals surface area contributed by atoms with Gasteiger partial charge in [-0.2, -0.15) is 0 Å². The summed E-state index contributed by atoms with van der Waals surface area (Å²) in [4.78, 5) is 0. The van der Waals surface area contributed by atoms with Crippen LogP contribution in [0.25, 0.3) is 0 Å². The van der Waals surface area contributed by atoms with Crippen LogP contribution in [0.1, 0.15) is 39.0 Å². The third-order valence-electron chi connectivity index (χ3n) is 2.78. The zero-order valence-electron chi connectivity index (χ0n) is 7.21. The van der Waals surface area contributed by atoms with Crippen molar-refractivity contribution in [1.82, 2.24) is 0 Å². The fraction of sp³-hybridized carbons (Fsp3) is 1.00. The molecule has 0 radical (unpaired) electrons. The first-order valence-electron chi connectivity index (χ1n) is 4.49. The maximum absolute atomic E-state index is 9.83. The minimum Gasteiger partial charge on any atom is -0.396 e. The molecule has 0 heterocycles. The van der Waals surface area contributed by atoms with E-state index in [2.05, 4.69) is 6.92 Å². The monoisotopic (exact) mass is 158 g/mol. The highest BCUT2D eigenvalue weighted by molar-refractivity contribution is 4.83.